The fourth-order valence-electron chi connectivity index (χ4n) is 1.98. The van der Waals surface area contributed by atoms with Crippen molar-refractivity contribution in [2.45, 2.75) is 6.54 Å². The Balaban J connectivity index is 1.72. The highest BCUT2D eigenvalue weighted by atomic mass is 32.1. The van der Waals surface area contributed by atoms with Gasteiger partial charge in [-0.3, -0.25) is 0 Å². The Morgan fingerprint density at radius 2 is 2.20 bits per heavy atom. The largest absolute Gasteiger partial charge is 0.383 e. The van der Waals surface area contributed by atoms with E-state index in [2.05, 4.69) is 41.0 Å². The summed E-state index contributed by atoms with van der Waals surface area (Å²) < 4.78 is 6.33. The minimum absolute atomic E-state index is 0.731. The molecule has 0 saturated heterocycles. The zero-order valence-electron chi connectivity index (χ0n) is 11.3. The number of benzene rings is 1. The molecule has 0 bridgehead atoms. The van der Waals surface area contributed by atoms with Crippen LogP contribution in [0.1, 0.15) is 5.01 Å². The van der Waals surface area contributed by atoms with Gasteiger partial charge in [-0.1, -0.05) is 18.2 Å². The summed E-state index contributed by atoms with van der Waals surface area (Å²) in [5.41, 5.74) is 1.08. The third-order valence-electron chi connectivity index (χ3n) is 2.99. The summed E-state index contributed by atoms with van der Waals surface area (Å²) in [7, 11) is 1.71. The first-order valence-corrected chi connectivity index (χ1v) is 8.19. The molecule has 3 rings (SSSR count). The minimum atomic E-state index is 0.731. The molecule has 0 aliphatic rings. The number of methoxy groups -OCH3 is 1. The molecule has 0 aliphatic carbocycles. The molecule has 0 saturated carbocycles. The fourth-order valence-corrected chi connectivity index (χ4v) is 3.84. The van der Waals surface area contributed by atoms with Crippen molar-refractivity contribution in [1.82, 2.24) is 10.3 Å². The van der Waals surface area contributed by atoms with Crippen LogP contribution in [0.25, 0.3) is 20.7 Å². The number of ether oxygens (including phenoxy) is 1. The van der Waals surface area contributed by atoms with E-state index in [1.54, 1.807) is 29.8 Å². The lowest BCUT2D eigenvalue weighted by Crippen LogP contribution is -2.18. The SMILES string of the molecule is COCCNCc1nc(-c2cc3ccccc3s2)cs1. The molecule has 2 aromatic heterocycles. The van der Waals surface area contributed by atoms with Crippen molar-refractivity contribution >= 4 is 32.8 Å². The topological polar surface area (TPSA) is 34.1 Å². The molecule has 5 heteroatoms. The van der Waals surface area contributed by atoms with Crippen molar-refractivity contribution in [1.29, 1.82) is 0 Å². The molecule has 20 heavy (non-hydrogen) atoms. The molecule has 0 atom stereocenters. The molecule has 0 fully saturated rings. The maximum atomic E-state index is 5.01. The first-order valence-electron chi connectivity index (χ1n) is 6.50. The zero-order chi connectivity index (χ0) is 13.8. The number of nitrogens with one attached hydrogen (secondary N) is 1. The Labute approximate surface area is 126 Å². The van der Waals surface area contributed by atoms with Crippen LogP contribution in [0.15, 0.2) is 35.7 Å². The number of thiophene rings is 1. The summed E-state index contributed by atoms with van der Waals surface area (Å²) in [5, 5.41) is 7.87. The Hall–Kier alpha value is -1.27. The number of nitrogens with zero attached hydrogens (tertiary/aromatic N) is 1. The second kappa shape index (κ2) is 6.45. The molecule has 0 radical (unpaired) electrons. The Bertz CT molecular complexity index is 657. The Kier molecular flexibility index (Phi) is 4.42. The summed E-state index contributed by atoms with van der Waals surface area (Å²) in [6.07, 6.45) is 0. The van der Waals surface area contributed by atoms with Gasteiger partial charge >= 0.3 is 0 Å². The van der Waals surface area contributed by atoms with Gasteiger partial charge in [0.2, 0.25) is 0 Å². The second-order valence-corrected chi connectivity index (χ2v) is 6.47. The number of rotatable bonds is 6. The standard InChI is InChI=1S/C15H16N2OS2/c1-18-7-6-16-9-15-17-12(10-19-15)14-8-11-4-2-3-5-13(11)20-14/h2-5,8,10,16H,6-7,9H2,1H3. The van der Waals surface area contributed by atoms with Crippen LogP contribution in [0.3, 0.4) is 0 Å². The van der Waals surface area contributed by atoms with Crippen LogP contribution in [-0.4, -0.2) is 25.2 Å². The monoisotopic (exact) mass is 304 g/mol. The summed E-state index contributed by atoms with van der Waals surface area (Å²) in [5.74, 6) is 0. The van der Waals surface area contributed by atoms with Gasteiger partial charge in [-0.05, 0) is 17.5 Å². The summed E-state index contributed by atoms with van der Waals surface area (Å²) in [6.45, 7) is 2.39. The van der Waals surface area contributed by atoms with E-state index in [9.17, 15) is 0 Å². The number of aromatic nitrogens is 1. The molecular weight excluding hydrogens is 288 g/mol. The summed E-state index contributed by atoms with van der Waals surface area (Å²) >= 11 is 3.50. The minimum Gasteiger partial charge on any atom is -0.383 e. The molecule has 3 aromatic rings. The fraction of sp³-hybridized carbons (Fsp3) is 0.267. The lowest BCUT2D eigenvalue weighted by atomic mass is 10.2. The van der Waals surface area contributed by atoms with Gasteiger partial charge in [0.05, 0.1) is 17.2 Å². The van der Waals surface area contributed by atoms with Gasteiger partial charge in [0.1, 0.15) is 5.01 Å². The highest BCUT2D eigenvalue weighted by Crippen LogP contribution is 2.33. The van der Waals surface area contributed by atoms with Gasteiger partial charge in [-0.25, -0.2) is 4.98 Å². The number of hydrogen-bond donors (Lipinski definition) is 1. The van der Waals surface area contributed by atoms with Crippen LogP contribution in [0.5, 0.6) is 0 Å². The van der Waals surface area contributed by atoms with E-state index in [1.165, 1.54) is 15.0 Å². The Morgan fingerprint density at radius 1 is 1.30 bits per heavy atom. The third-order valence-corrected chi connectivity index (χ3v) is 4.98. The van der Waals surface area contributed by atoms with Gasteiger partial charge in [-0.2, -0.15) is 0 Å². The van der Waals surface area contributed by atoms with Gasteiger partial charge < -0.3 is 10.1 Å². The molecule has 1 aromatic carbocycles. The Morgan fingerprint density at radius 3 is 3.05 bits per heavy atom. The lowest BCUT2D eigenvalue weighted by Gasteiger charge is -2.00. The molecule has 1 N–H and O–H groups in total. The number of fused-ring (bicyclic) bond motifs is 1. The highest BCUT2D eigenvalue weighted by molar-refractivity contribution is 7.22. The lowest BCUT2D eigenvalue weighted by molar-refractivity contribution is 0.199. The van der Waals surface area contributed by atoms with E-state index in [4.69, 9.17) is 9.72 Å². The van der Waals surface area contributed by atoms with E-state index >= 15 is 0 Å². The van der Waals surface area contributed by atoms with Gasteiger partial charge in [0.15, 0.2) is 0 Å². The predicted molar refractivity (Wildman–Crippen MR) is 86.5 cm³/mol. The van der Waals surface area contributed by atoms with Crippen LogP contribution >= 0.6 is 22.7 Å². The molecule has 2 heterocycles. The highest BCUT2D eigenvalue weighted by Gasteiger charge is 2.08. The predicted octanol–water partition coefficient (Wildman–Crippen LogP) is 3.76. The van der Waals surface area contributed by atoms with Crippen molar-refractivity contribution in [2.24, 2.45) is 0 Å². The zero-order valence-corrected chi connectivity index (χ0v) is 12.9. The van der Waals surface area contributed by atoms with E-state index in [0.717, 1.165) is 30.4 Å². The quantitative estimate of drug-likeness (QED) is 0.704. The van der Waals surface area contributed by atoms with Crippen LogP contribution in [0.4, 0.5) is 0 Å². The van der Waals surface area contributed by atoms with Crippen LogP contribution < -0.4 is 5.32 Å². The third kappa shape index (κ3) is 3.07. The van der Waals surface area contributed by atoms with E-state index in [-0.39, 0.29) is 0 Å². The average molecular weight is 304 g/mol. The van der Waals surface area contributed by atoms with Gasteiger partial charge in [0.25, 0.3) is 0 Å². The number of hydrogen-bond acceptors (Lipinski definition) is 5. The van der Waals surface area contributed by atoms with E-state index < -0.39 is 0 Å². The van der Waals surface area contributed by atoms with Gasteiger partial charge in [-0.15, -0.1) is 22.7 Å². The van der Waals surface area contributed by atoms with Crippen molar-refractivity contribution in [3.05, 3.63) is 40.7 Å². The molecular formula is C15H16N2OS2. The smallest absolute Gasteiger partial charge is 0.107 e. The molecule has 3 nitrogen and oxygen atoms in total. The van der Waals surface area contributed by atoms with Crippen LogP contribution in [0.2, 0.25) is 0 Å². The molecule has 0 aliphatic heterocycles. The maximum absolute atomic E-state index is 5.01. The summed E-state index contributed by atoms with van der Waals surface area (Å²) in [6, 6.07) is 10.7. The average Bonchev–Trinajstić information content (AvgIpc) is 3.09. The van der Waals surface area contributed by atoms with Crippen molar-refractivity contribution < 1.29 is 4.74 Å². The maximum Gasteiger partial charge on any atom is 0.107 e. The van der Waals surface area contributed by atoms with Crippen molar-refractivity contribution in [3.63, 3.8) is 0 Å². The van der Waals surface area contributed by atoms with Crippen LogP contribution in [0, 0.1) is 0 Å². The first-order chi connectivity index (χ1) is 9.86. The molecule has 0 unspecified atom stereocenters. The van der Waals surface area contributed by atoms with Crippen molar-refractivity contribution in [3.8, 4) is 10.6 Å². The molecule has 0 amide bonds. The number of thiazole rings is 1. The van der Waals surface area contributed by atoms with Crippen LogP contribution in [-0.2, 0) is 11.3 Å². The van der Waals surface area contributed by atoms with Gasteiger partial charge in [0, 0.05) is 30.3 Å². The van der Waals surface area contributed by atoms with E-state index in [1.807, 2.05) is 0 Å². The molecule has 104 valence electrons. The van der Waals surface area contributed by atoms with Crippen molar-refractivity contribution in [2.75, 3.05) is 20.3 Å². The summed E-state index contributed by atoms with van der Waals surface area (Å²) in [4.78, 5) is 5.94. The second-order valence-electron chi connectivity index (χ2n) is 4.44. The van der Waals surface area contributed by atoms with E-state index in [0.29, 0.717) is 0 Å². The first kappa shape index (κ1) is 13.7. The molecule has 0 spiro atoms. The normalized spacial score (nSPS) is 11.2.